The van der Waals surface area contributed by atoms with Crippen LogP contribution in [0.25, 0.3) is 0 Å². The molecule has 1 aromatic rings. The summed E-state index contributed by atoms with van der Waals surface area (Å²) in [5, 5.41) is 3.28. The summed E-state index contributed by atoms with van der Waals surface area (Å²) in [7, 11) is 0. The lowest BCUT2D eigenvalue weighted by atomic mass is 9.91. The average Bonchev–Trinajstić information content (AvgIpc) is 2.34. The van der Waals surface area contributed by atoms with Crippen LogP contribution in [-0.2, 0) is 0 Å². The summed E-state index contributed by atoms with van der Waals surface area (Å²) in [4.78, 5) is 12.0. The first-order valence-corrected chi connectivity index (χ1v) is 6.23. The molecule has 92 valence electrons. The zero-order valence-corrected chi connectivity index (χ0v) is 10.3. The van der Waals surface area contributed by atoms with Crippen LogP contribution in [0.15, 0.2) is 18.2 Å². The van der Waals surface area contributed by atoms with Crippen molar-refractivity contribution >= 4 is 17.4 Å². The van der Waals surface area contributed by atoms with Crippen LogP contribution >= 0.6 is 11.6 Å². The van der Waals surface area contributed by atoms with E-state index in [0.717, 1.165) is 25.9 Å². The number of rotatable bonds is 3. The van der Waals surface area contributed by atoms with Gasteiger partial charge in [0.15, 0.2) is 5.78 Å². The van der Waals surface area contributed by atoms with Gasteiger partial charge in [-0.1, -0.05) is 11.6 Å². The Kier molecular flexibility index (Phi) is 4.13. The van der Waals surface area contributed by atoms with E-state index in [-0.39, 0.29) is 10.8 Å². The number of halogens is 2. The summed E-state index contributed by atoms with van der Waals surface area (Å²) >= 11 is 5.66. The van der Waals surface area contributed by atoms with Crippen molar-refractivity contribution in [1.82, 2.24) is 5.32 Å². The average molecular weight is 256 g/mol. The molecule has 1 N–H and O–H groups in total. The second kappa shape index (κ2) is 5.61. The standard InChI is InChI=1S/C13H15ClFNO/c14-11-8-10(1-2-12(11)15)13(17)7-9-3-5-16-6-4-9/h1-2,8-9,16H,3-7H2. The van der Waals surface area contributed by atoms with Gasteiger partial charge >= 0.3 is 0 Å². The highest BCUT2D eigenvalue weighted by Crippen LogP contribution is 2.21. The fourth-order valence-corrected chi connectivity index (χ4v) is 2.32. The van der Waals surface area contributed by atoms with Crippen LogP contribution in [0.1, 0.15) is 29.6 Å². The van der Waals surface area contributed by atoms with E-state index in [1.54, 1.807) is 0 Å². The van der Waals surface area contributed by atoms with E-state index in [4.69, 9.17) is 11.6 Å². The molecule has 0 amide bonds. The van der Waals surface area contributed by atoms with E-state index in [1.807, 2.05) is 0 Å². The summed E-state index contributed by atoms with van der Waals surface area (Å²) in [6, 6.07) is 4.17. The second-order valence-corrected chi connectivity index (χ2v) is 4.86. The van der Waals surface area contributed by atoms with Crippen molar-refractivity contribution in [3.8, 4) is 0 Å². The van der Waals surface area contributed by atoms with E-state index in [9.17, 15) is 9.18 Å². The van der Waals surface area contributed by atoms with Gasteiger partial charge in [-0.25, -0.2) is 4.39 Å². The van der Waals surface area contributed by atoms with E-state index < -0.39 is 5.82 Å². The molecular weight excluding hydrogens is 241 g/mol. The molecule has 0 radical (unpaired) electrons. The van der Waals surface area contributed by atoms with Crippen molar-refractivity contribution in [2.75, 3.05) is 13.1 Å². The smallest absolute Gasteiger partial charge is 0.163 e. The topological polar surface area (TPSA) is 29.1 Å². The highest BCUT2D eigenvalue weighted by molar-refractivity contribution is 6.31. The lowest BCUT2D eigenvalue weighted by molar-refractivity contribution is 0.0952. The highest BCUT2D eigenvalue weighted by atomic mass is 35.5. The van der Waals surface area contributed by atoms with Crippen molar-refractivity contribution in [1.29, 1.82) is 0 Å². The van der Waals surface area contributed by atoms with Crippen LogP contribution in [0, 0.1) is 11.7 Å². The number of nitrogens with one attached hydrogen (secondary N) is 1. The molecule has 0 saturated carbocycles. The first-order valence-electron chi connectivity index (χ1n) is 5.86. The molecule has 1 fully saturated rings. The first kappa shape index (κ1) is 12.5. The Morgan fingerprint density at radius 3 is 2.76 bits per heavy atom. The predicted octanol–water partition coefficient (Wildman–Crippen LogP) is 3.05. The number of Topliss-reactive ketones (excluding diaryl/α,β-unsaturated/α-hetero) is 1. The minimum absolute atomic E-state index is 0.0150. The minimum Gasteiger partial charge on any atom is -0.317 e. The predicted molar refractivity (Wildman–Crippen MR) is 66.0 cm³/mol. The molecule has 0 bridgehead atoms. The third kappa shape index (κ3) is 3.27. The van der Waals surface area contributed by atoms with Crippen LogP contribution in [0.3, 0.4) is 0 Å². The SMILES string of the molecule is O=C(CC1CCNCC1)c1ccc(F)c(Cl)c1. The van der Waals surface area contributed by atoms with Gasteiger partial charge in [0, 0.05) is 12.0 Å². The van der Waals surface area contributed by atoms with Crippen LogP contribution in [0.5, 0.6) is 0 Å². The monoisotopic (exact) mass is 255 g/mol. The Bertz CT molecular complexity index is 416. The fourth-order valence-electron chi connectivity index (χ4n) is 2.14. The van der Waals surface area contributed by atoms with Gasteiger partial charge in [-0.15, -0.1) is 0 Å². The molecule has 2 nitrogen and oxygen atoms in total. The van der Waals surface area contributed by atoms with Crippen molar-refractivity contribution < 1.29 is 9.18 Å². The minimum atomic E-state index is -0.481. The molecule has 1 aliphatic rings. The molecule has 1 saturated heterocycles. The number of hydrogen-bond donors (Lipinski definition) is 1. The lowest BCUT2D eigenvalue weighted by Gasteiger charge is -2.21. The lowest BCUT2D eigenvalue weighted by Crippen LogP contribution is -2.28. The molecule has 2 rings (SSSR count). The zero-order valence-electron chi connectivity index (χ0n) is 9.51. The van der Waals surface area contributed by atoms with Crippen molar-refractivity contribution in [2.24, 2.45) is 5.92 Å². The molecule has 0 aliphatic carbocycles. The van der Waals surface area contributed by atoms with E-state index in [1.165, 1.54) is 18.2 Å². The van der Waals surface area contributed by atoms with E-state index >= 15 is 0 Å². The molecule has 1 heterocycles. The molecule has 0 atom stereocenters. The summed E-state index contributed by atoms with van der Waals surface area (Å²) in [5.74, 6) is 0.0106. The fraction of sp³-hybridized carbons (Fsp3) is 0.462. The summed E-state index contributed by atoms with van der Waals surface area (Å²) in [6.45, 7) is 1.95. The normalized spacial score (nSPS) is 17.1. The van der Waals surface area contributed by atoms with Crippen LogP contribution in [0.4, 0.5) is 4.39 Å². The van der Waals surface area contributed by atoms with Gasteiger partial charge in [-0.05, 0) is 50.0 Å². The van der Waals surface area contributed by atoms with Gasteiger partial charge in [0.2, 0.25) is 0 Å². The molecule has 17 heavy (non-hydrogen) atoms. The maximum Gasteiger partial charge on any atom is 0.163 e. The largest absolute Gasteiger partial charge is 0.317 e. The van der Waals surface area contributed by atoms with Gasteiger partial charge in [0.05, 0.1) is 5.02 Å². The quantitative estimate of drug-likeness (QED) is 0.841. The summed E-state index contributed by atoms with van der Waals surface area (Å²) < 4.78 is 13.0. The maximum absolute atomic E-state index is 13.0. The van der Waals surface area contributed by atoms with Gasteiger partial charge < -0.3 is 5.32 Å². The Hall–Kier alpha value is -0.930. The number of benzene rings is 1. The van der Waals surface area contributed by atoms with Gasteiger partial charge in [-0.3, -0.25) is 4.79 Å². The summed E-state index contributed by atoms with van der Waals surface area (Å²) in [6.07, 6.45) is 2.59. The second-order valence-electron chi connectivity index (χ2n) is 4.45. The van der Waals surface area contributed by atoms with Crippen LogP contribution < -0.4 is 5.32 Å². The molecular formula is C13H15ClFNO. The zero-order chi connectivity index (χ0) is 12.3. The number of carbonyl (C=O) groups excluding carboxylic acids is 1. The molecule has 4 heteroatoms. The summed E-state index contributed by atoms with van der Waals surface area (Å²) in [5.41, 5.74) is 0.509. The third-order valence-electron chi connectivity index (χ3n) is 3.17. The van der Waals surface area contributed by atoms with E-state index in [0.29, 0.717) is 17.9 Å². The van der Waals surface area contributed by atoms with Crippen LogP contribution in [-0.4, -0.2) is 18.9 Å². The molecule has 0 aromatic heterocycles. The molecule has 1 aliphatic heterocycles. The Balaban J connectivity index is 2.01. The van der Waals surface area contributed by atoms with Crippen molar-refractivity contribution in [3.05, 3.63) is 34.6 Å². The number of piperidine rings is 1. The highest BCUT2D eigenvalue weighted by Gasteiger charge is 2.18. The van der Waals surface area contributed by atoms with Crippen molar-refractivity contribution in [3.63, 3.8) is 0 Å². The van der Waals surface area contributed by atoms with E-state index in [2.05, 4.69) is 5.32 Å². The molecule has 1 aromatic carbocycles. The number of ketones is 1. The molecule has 0 spiro atoms. The van der Waals surface area contributed by atoms with Gasteiger partial charge in [0.25, 0.3) is 0 Å². The Morgan fingerprint density at radius 2 is 2.12 bits per heavy atom. The first-order chi connectivity index (χ1) is 8.16. The Morgan fingerprint density at radius 1 is 1.41 bits per heavy atom. The Labute approximate surface area is 105 Å². The van der Waals surface area contributed by atoms with Gasteiger partial charge in [-0.2, -0.15) is 0 Å². The maximum atomic E-state index is 13.0. The molecule has 0 unspecified atom stereocenters. The number of carbonyl (C=O) groups is 1. The number of hydrogen-bond acceptors (Lipinski definition) is 2. The van der Waals surface area contributed by atoms with Crippen LogP contribution in [0.2, 0.25) is 5.02 Å². The van der Waals surface area contributed by atoms with Gasteiger partial charge in [0.1, 0.15) is 5.82 Å². The third-order valence-corrected chi connectivity index (χ3v) is 3.46. The van der Waals surface area contributed by atoms with Crippen molar-refractivity contribution in [2.45, 2.75) is 19.3 Å².